The van der Waals surface area contributed by atoms with Gasteiger partial charge >= 0.3 is 0 Å². The molecule has 0 aromatic heterocycles. The molecule has 0 bridgehead atoms. The van der Waals surface area contributed by atoms with E-state index < -0.39 is 0 Å². The van der Waals surface area contributed by atoms with Gasteiger partial charge in [0.1, 0.15) is 0 Å². The van der Waals surface area contributed by atoms with Crippen LogP contribution in [0.4, 0.5) is 5.69 Å². The number of anilines is 1. The lowest BCUT2D eigenvalue weighted by Crippen LogP contribution is -2.39. The van der Waals surface area contributed by atoms with Gasteiger partial charge in [-0.05, 0) is 49.4 Å². The van der Waals surface area contributed by atoms with Crippen molar-refractivity contribution < 1.29 is 0 Å². The Bertz CT molecular complexity index is 373. The van der Waals surface area contributed by atoms with Gasteiger partial charge < -0.3 is 5.73 Å². The molecule has 2 heteroatoms. The second kappa shape index (κ2) is 6.24. The van der Waals surface area contributed by atoms with Gasteiger partial charge in [-0.15, -0.1) is 0 Å². The molecule has 1 atom stereocenters. The molecule has 2 N–H and O–H groups in total. The zero-order chi connectivity index (χ0) is 13.0. The maximum Gasteiger partial charge on any atom is 0.0317 e. The second-order valence-corrected chi connectivity index (χ2v) is 5.99. The molecule has 1 saturated heterocycles. The predicted octanol–water partition coefficient (Wildman–Crippen LogP) is 3.67. The van der Waals surface area contributed by atoms with Crippen molar-refractivity contribution in [1.82, 2.24) is 4.90 Å². The molecule has 100 valence electrons. The minimum absolute atomic E-state index is 0.764. The van der Waals surface area contributed by atoms with Gasteiger partial charge in [0.25, 0.3) is 0 Å². The van der Waals surface area contributed by atoms with E-state index >= 15 is 0 Å². The van der Waals surface area contributed by atoms with E-state index in [2.05, 4.69) is 36.9 Å². The highest BCUT2D eigenvalue weighted by atomic mass is 15.2. The number of hydrogen-bond acceptors (Lipinski definition) is 2. The van der Waals surface area contributed by atoms with Gasteiger partial charge in [0.2, 0.25) is 0 Å². The summed E-state index contributed by atoms with van der Waals surface area (Å²) in [6.07, 6.45) is 5.42. The Morgan fingerprint density at radius 1 is 1.33 bits per heavy atom. The number of nitrogens with two attached hydrogens (primary N) is 1. The summed E-state index contributed by atoms with van der Waals surface area (Å²) in [6, 6.07) is 9.09. The second-order valence-electron chi connectivity index (χ2n) is 5.99. The fraction of sp³-hybridized carbons (Fsp3) is 0.625. The Morgan fingerprint density at radius 3 is 2.89 bits per heavy atom. The zero-order valence-electron chi connectivity index (χ0n) is 11.7. The molecular weight excluding hydrogens is 220 g/mol. The third-order valence-electron chi connectivity index (χ3n) is 3.83. The van der Waals surface area contributed by atoms with Crippen molar-refractivity contribution in [2.45, 2.75) is 52.1 Å². The van der Waals surface area contributed by atoms with Crippen LogP contribution in [0.25, 0.3) is 0 Å². The van der Waals surface area contributed by atoms with Gasteiger partial charge in [-0.25, -0.2) is 0 Å². The van der Waals surface area contributed by atoms with E-state index in [0.717, 1.165) is 24.2 Å². The molecule has 1 aliphatic heterocycles. The molecule has 0 saturated carbocycles. The minimum atomic E-state index is 0.764. The van der Waals surface area contributed by atoms with Crippen molar-refractivity contribution in [1.29, 1.82) is 0 Å². The van der Waals surface area contributed by atoms with Crippen molar-refractivity contribution in [2.75, 3.05) is 12.3 Å². The van der Waals surface area contributed by atoms with Gasteiger partial charge in [0, 0.05) is 18.3 Å². The Morgan fingerprint density at radius 2 is 2.17 bits per heavy atom. The van der Waals surface area contributed by atoms with E-state index in [-0.39, 0.29) is 0 Å². The number of benzene rings is 1. The smallest absolute Gasteiger partial charge is 0.0317 e. The van der Waals surface area contributed by atoms with E-state index in [1.54, 1.807) is 0 Å². The first-order valence-electron chi connectivity index (χ1n) is 7.23. The Hall–Kier alpha value is -1.02. The first-order valence-corrected chi connectivity index (χ1v) is 7.23. The number of nitrogen functional groups attached to an aromatic ring is 1. The van der Waals surface area contributed by atoms with Crippen LogP contribution in [0.15, 0.2) is 24.3 Å². The quantitative estimate of drug-likeness (QED) is 0.821. The van der Waals surface area contributed by atoms with Crippen LogP contribution in [0.2, 0.25) is 0 Å². The molecule has 1 aliphatic rings. The van der Waals surface area contributed by atoms with E-state index in [9.17, 15) is 0 Å². The molecular formula is C16H26N2. The average Bonchev–Trinajstić information content (AvgIpc) is 2.31. The van der Waals surface area contributed by atoms with Crippen LogP contribution in [-0.4, -0.2) is 17.5 Å². The van der Waals surface area contributed by atoms with Crippen LogP contribution in [0, 0.1) is 5.92 Å². The van der Waals surface area contributed by atoms with Gasteiger partial charge in [0.05, 0.1) is 0 Å². The van der Waals surface area contributed by atoms with Crippen molar-refractivity contribution in [2.24, 2.45) is 5.92 Å². The van der Waals surface area contributed by atoms with Gasteiger partial charge in [-0.2, -0.15) is 0 Å². The van der Waals surface area contributed by atoms with E-state index in [0.29, 0.717) is 0 Å². The van der Waals surface area contributed by atoms with Gasteiger partial charge in [-0.3, -0.25) is 4.90 Å². The molecule has 1 fully saturated rings. The number of likely N-dealkylation sites (tertiary alicyclic amines) is 1. The van der Waals surface area contributed by atoms with Crippen LogP contribution in [0.5, 0.6) is 0 Å². The fourth-order valence-electron chi connectivity index (χ4n) is 3.01. The highest BCUT2D eigenvalue weighted by Crippen LogP contribution is 2.24. The molecule has 0 aliphatic carbocycles. The topological polar surface area (TPSA) is 29.3 Å². The summed E-state index contributed by atoms with van der Waals surface area (Å²) in [7, 11) is 0. The first-order chi connectivity index (χ1) is 8.65. The summed E-state index contributed by atoms with van der Waals surface area (Å²) in [6.45, 7) is 6.95. The number of hydrogen-bond donors (Lipinski definition) is 1. The lowest BCUT2D eigenvalue weighted by atomic mass is 9.93. The lowest BCUT2D eigenvalue weighted by molar-refractivity contribution is 0.122. The largest absolute Gasteiger partial charge is 0.399 e. The first kappa shape index (κ1) is 13.4. The Balaban J connectivity index is 2.00. The number of piperidine rings is 1. The van der Waals surface area contributed by atoms with Crippen molar-refractivity contribution >= 4 is 5.69 Å². The average molecular weight is 246 g/mol. The number of nitrogens with zero attached hydrogens (tertiary/aromatic N) is 1. The molecule has 1 aromatic carbocycles. The van der Waals surface area contributed by atoms with Crippen molar-refractivity contribution in [3.63, 3.8) is 0 Å². The molecule has 0 radical (unpaired) electrons. The van der Waals surface area contributed by atoms with E-state index in [4.69, 9.17) is 5.73 Å². The van der Waals surface area contributed by atoms with Crippen molar-refractivity contribution in [3.05, 3.63) is 29.8 Å². The number of rotatable bonds is 4. The summed E-state index contributed by atoms with van der Waals surface area (Å²) < 4.78 is 0. The van der Waals surface area contributed by atoms with Crippen LogP contribution >= 0.6 is 0 Å². The fourth-order valence-corrected chi connectivity index (χ4v) is 3.01. The zero-order valence-corrected chi connectivity index (χ0v) is 11.7. The summed E-state index contributed by atoms with van der Waals surface area (Å²) in [5.41, 5.74) is 8.09. The molecule has 1 unspecified atom stereocenters. The monoisotopic (exact) mass is 246 g/mol. The highest BCUT2D eigenvalue weighted by Gasteiger charge is 2.22. The molecule has 1 heterocycles. The molecule has 2 nitrogen and oxygen atoms in total. The summed E-state index contributed by atoms with van der Waals surface area (Å²) in [4.78, 5) is 2.65. The SMILES string of the molecule is CC(C)CC1CCCCN1Cc1cccc(N)c1. The summed E-state index contributed by atoms with van der Waals surface area (Å²) in [5.74, 6) is 0.788. The normalized spacial score (nSPS) is 21.4. The predicted molar refractivity (Wildman–Crippen MR) is 78.4 cm³/mol. The lowest BCUT2D eigenvalue weighted by Gasteiger charge is -2.36. The Kier molecular flexibility index (Phi) is 4.65. The van der Waals surface area contributed by atoms with E-state index in [1.165, 1.54) is 37.8 Å². The molecule has 2 rings (SSSR count). The van der Waals surface area contributed by atoms with Crippen LogP contribution in [0.1, 0.15) is 45.1 Å². The summed E-state index contributed by atoms with van der Waals surface area (Å²) >= 11 is 0. The van der Waals surface area contributed by atoms with Crippen LogP contribution < -0.4 is 5.73 Å². The highest BCUT2D eigenvalue weighted by molar-refractivity contribution is 5.40. The molecule has 0 spiro atoms. The standard InChI is InChI=1S/C16H26N2/c1-13(2)10-16-8-3-4-9-18(16)12-14-6-5-7-15(17)11-14/h5-7,11,13,16H,3-4,8-10,12,17H2,1-2H3. The van der Waals surface area contributed by atoms with Crippen LogP contribution in [-0.2, 0) is 6.54 Å². The third-order valence-corrected chi connectivity index (χ3v) is 3.83. The minimum Gasteiger partial charge on any atom is -0.399 e. The van der Waals surface area contributed by atoms with Crippen molar-refractivity contribution in [3.8, 4) is 0 Å². The Labute approximate surface area is 111 Å². The van der Waals surface area contributed by atoms with Gasteiger partial charge in [-0.1, -0.05) is 32.4 Å². The van der Waals surface area contributed by atoms with Gasteiger partial charge in [0.15, 0.2) is 0 Å². The molecule has 0 amide bonds. The maximum absolute atomic E-state index is 5.86. The summed E-state index contributed by atoms with van der Waals surface area (Å²) in [5, 5.41) is 0. The van der Waals surface area contributed by atoms with E-state index in [1.807, 2.05) is 6.07 Å². The maximum atomic E-state index is 5.86. The third kappa shape index (κ3) is 3.74. The molecule has 18 heavy (non-hydrogen) atoms. The molecule has 1 aromatic rings. The van der Waals surface area contributed by atoms with Crippen LogP contribution in [0.3, 0.4) is 0 Å².